The standard InChI is InChI=1S/C25H23FN2O2/c1-15-12-23(20-10-11-27-13-21(20)24(15)26)28-25(29)30-14-22-18-8-4-2-6-16(18)17-7-3-5-9-19(17)22/h2-9,12,22,27H,10-11,13-14H2,1H3,(H,28,29). The molecule has 0 saturated heterocycles. The molecule has 2 aliphatic rings. The fraction of sp³-hybridized carbons (Fsp3) is 0.240. The number of carbonyl (C=O) groups is 1. The Morgan fingerprint density at radius 3 is 2.47 bits per heavy atom. The quantitative estimate of drug-likeness (QED) is 0.638. The minimum atomic E-state index is -0.511. The molecular weight excluding hydrogens is 379 g/mol. The molecule has 1 aliphatic heterocycles. The van der Waals surface area contributed by atoms with E-state index >= 15 is 0 Å². The summed E-state index contributed by atoms with van der Waals surface area (Å²) in [4.78, 5) is 12.6. The topological polar surface area (TPSA) is 50.4 Å². The number of rotatable bonds is 3. The van der Waals surface area contributed by atoms with Gasteiger partial charge in [0.25, 0.3) is 0 Å². The maximum absolute atomic E-state index is 14.5. The molecule has 1 aliphatic carbocycles. The Morgan fingerprint density at radius 1 is 1.10 bits per heavy atom. The average Bonchev–Trinajstić information content (AvgIpc) is 3.10. The lowest BCUT2D eigenvalue weighted by Crippen LogP contribution is -2.27. The van der Waals surface area contributed by atoms with E-state index in [4.69, 9.17) is 4.74 Å². The Bertz CT molecular complexity index is 1100. The zero-order valence-corrected chi connectivity index (χ0v) is 16.8. The number of benzene rings is 3. The van der Waals surface area contributed by atoms with E-state index in [0.29, 0.717) is 29.8 Å². The number of fused-ring (bicyclic) bond motifs is 4. The van der Waals surface area contributed by atoms with Gasteiger partial charge in [-0.15, -0.1) is 0 Å². The molecule has 0 fully saturated rings. The van der Waals surface area contributed by atoms with Crippen molar-refractivity contribution < 1.29 is 13.9 Å². The van der Waals surface area contributed by atoms with Gasteiger partial charge in [-0.3, -0.25) is 5.32 Å². The van der Waals surface area contributed by atoms with E-state index in [2.05, 4.69) is 34.9 Å². The third-order valence-electron chi connectivity index (χ3n) is 6.10. The molecular formula is C25H23FN2O2. The van der Waals surface area contributed by atoms with Crippen molar-refractivity contribution in [2.75, 3.05) is 18.5 Å². The molecule has 2 N–H and O–H groups in total. The van der Waals surface area contributed by atoms with Crippen LogP contribution in [-0.4, -0.2) is 19.2 Å². The van der Waals surface area contributed by atoms with Gasteiger partial charge in [-0.05, 0) is 59.3 Å². The molecule has 1 heterocycles. The summed E-state index contributed by atoms with van der Waals surface area (Å²) in [6.07, 6.45) is 0.162. The lowest BCUT2D eigenvalue weighted by Gasteiger charge is -2.23. The van der Waals surface area contributed by atoms with Crippen LogP contribution in [0.3, 0.4) is 0 Å². The molecule has 30 heavy (non-hydrogen) atoms. The summed E-state index contributed by atoms with van der Waals surface area (Å²) in [6, 6.07) is 18.2. The Labute approximate surface area is 175 Å². The summed E-state index contributed by atoms with van der Waals surface area (Å²) in [6.45, 7) is 3.20. The number of ether oxygens (including phenoxy) is 1. The van der Waals surface area contributed by atoms with E-state index in [0.717, 1.165) is 12.1 Å². The summed E-state index contributed by atoms with van der Waals surface area (Å²) in [5.41, 5.74) is 7.38. The van der Waals surface area contributed by atoms with Crippen LogP contribution < -0.4 is 10.6 Å². The minimum absolute atomic E-state index is 0.0104. The summed E-state index contributed by atoms with van der Waals surface area (Å²) < 4.78 is 20.1. The third-order valence-corrected chi connectivity index (χ3v) is 6.10. The number of anilines is 1. The van der Waals surface area contributed by atoms with Gasteiger partial charge < -0.3 is 10.1 Å². The third kappa shape index (κ3) is 3.15. The van der Waals surface area contributed by atoms with Crippen LogP contribution >= 0.6 is 0 Å². The lowest BCUT2D eigenvalue weighted by molar-refractivity contribution is 0.158. The summed E-state index contributed by atoms with van der Waals surface area (Å²) in [7, 11) is 0. The predicted molar refractivity (Wildman–Crippen MR) is 115 cm³/mol. The largest absolute Gasteiger partial charge is 0.448 e. The van der Waals surface area contributed by atoms with Crippen molar-refractivity contribution in [3.8, 4) is 11.1 Å². The van der Waals surface area contributed by atoms with Crippen LogP contribution in [0.1, 0.15) is 33.7 Å². The Hall–Kier alpha value is -3.18. The molecule has 0 unspecified atom stereocenters. The molecule has 0 spiro atoms. The average molecular weight is 402 g/mol. The number of hydrogen-bond acceptors (Lipinski definition) is 3. The van der Waals surface area contributed by atoms with Gasteiger partial charge in [0, 0.05) is 23.7 Å². The number of hydrogen-bond donors (Lipinski definition) is 2. The first-order chi connectivity index (χ1) is 14.6. The van der Waals surface area contributed by atoms with Gasteiger partial charge in [0.2, 0.25) is 0 Å². The summed E-state index contributed by atoms with van der Waals surface area (Å²) >= 11 is 0. The zero-order chi connectivity index (χ0) is 20.7. The highest BCUT2D eigenvalue weighted by Gasteiger charge is 2.29. The van der Waals surface area contributed by atoms with E-state index in [9.17, 15) is 9.18 Å². The Kier molecular flexibility index (Phi) is 4.75. The lowest BCUT2D eigenvalue weighted by atomic mass is 9.96. The summed E-state index contributed by atoms with van der Waals surface area (Å²) in [5, 5.41) is 6.04. The Balaban J connectivity index is 1.35. The van der Waals surface area contributed by atoms with Crippen LogP contribution in [0.4, 0.5) is 14.9 Å². The van der Waals surface area contributed by atoms with Crippen molar-refractivity contribution in [2.45, 2.75) is 25.8 Å². The monoisotopic (exact) mass is 402 g/mol. The number of halogens is 1. The second-order valence-electron chi connectivity index (χ2n) is 7.89. The van der Waals surface area contributed by atoms with E-state index in [1.54, 1.807) is 13.0 Å². The molecule has 0 saturated carbocycles. The van der Waals surface area contributed by atoms with Gasteiger partial charge in [-0.1, -0.05) is 48.5 Å². The van der Waals surface area contributed by atoms with Gasteiger partial charge in [-0.2, -0.15) is 0 Å². The highest BCUT2D eigenvalue weighted by molar-refractivity contribution is 5.86. The van der Waals surface area contributed by atoms with Gasteiger partial charge in [0.05, 0.1) is 0 Å². The molecule has 152 valence electrons. The molecule has 0 bridgehead atoms. The van der Waals surface area contributed by atoms with Crippen molar-refractivity contribution in [1.29, 1.82) is 0 Å². The molecule has 5 rings (SSSR count). The van der Waals surface area contributed by atoms with Crippen LogP contribution in [0, 0.1) is 12.7 Å². The highest BCUT2D eigenvalue weighted by atomic mass is 19.1. The predicted octanol–water partition coefficient (Wildman–Crippen LogP) is 5.14. The van der Waals surface area contributed by atoms with Crippen molar-refractivity contribution in [3.05, 3.63) is 88.2 Å². The zero-order valence-electron chi connectivity index (χ0n) is 16.8. The number of aryl methyl sites for hydroxylation is 1. The molecule has 4 nitrogen and oxygen atoms in total. The van der Waals surface area contributed by atoms with Crippen molar-refractivity contribution in [3.63, 3.8) is 0 Å². The first-order valence-corrected chi connectivity index (χ1v) is 10.3. The van der Waals surface area contributed by atoms with Gasteiger partial charge in [0.1, 0.15) is 12.4 Å². The van der Waals surface area contributed by atoms with Crippen LogP contribution in [0.5, 0.6) is 0 Å². The molecule has 3 aromatic rings. The molecule has 5 heteroatoms. The maximum atomic E-state index is 14.5. The van der Waals surface area contributed by atoms with Crippen molar-refractivity contribution in [2.24, 2.45) is 0 Å². The van der Waals surface area contributed by atoms with Crippen LogP contribution in [0.2, 0.25) is 0 Å². The number of nitrogens with one attached hydrogen (secondary N) is 2. The second kappa shape index (κ2) is 7.58. The van der Waals surface area contributed by atoms with Gasteiger partial charge >= 0.3 is 6.09 Å². The molecule has 1 amide bonds. The van der Waals surface area contributed by atoms with Gasteiger partial charge in [0.15, 0.2) is 0 Å². The SMILES string of the molecule is Cc1cc(NC(=O)OCC2c3ccccc3-c3ccccc32)c2c(c1F)CNCC2. The Morgan fingerprint density at radius 2 is 1.77 bits per heavy atom. The number of amides is 1. The first-order valence-electron chi connectivity index (χ1n) is 10.3. The first kappa shape index (κ1) is 18.8. The fourth-order valence-electron chi connectivity index (χ4n) is 4.65. The molecule has 3 aromatic carbocycles. The minimum Gasteiger partial charge on any atom is -0.448 e. The maximum Gasteiger partial charge on any atom is 0.411 e. The molecule has 0 aromatic heterocycles. The van der Waals surface area contributed by atoms with E-state index < -0.39 is 6.09 Å². The summed E-state index contributed by atoms with van der Waals surface area (Å²) in [5.74, 6) is -0.188. The van der Waals surface area contributed by atoms with Crippen LogP contribution in [0.25, 0.3) is 11.1 Å². The fourth-order valence-corrected chi connectivity index (χ4v) is 4.65. The van der Waals surface area contributed by atoms with E-state index in [1.165, 1.54) is 22.3 Å². The number of carbonyl (C=O) groups excluding carboxylic acids is 1. The normalized spacial score (nSPS) is 14.6. The van der Waals surface area contributed by atoms with Crippen molar-refractivity contribution in [1.82, 2.24) is 5.32 Å². The van der Waals surface area contributed by atoms with Crippen LogP contribution in [0.15, 0.2) is 54.6 Å². The molecule has 0 radical (unpaired) electrons. The van der Waals surface area contributed by atoms with E-state index in [-0.39, 0.29) is 18.3 Å². The second-order valence-corrected chi connectivity index (χ2v) is 7.89. The van der Waals surface area contributed by atoms with Crippen molar-refractivity contribution >= 4 is 11.8 Å². The van der Waals surface area contributed by atoms with Gasteiger partial charge in [-0.25, -0.2) is 9.18 Å². The smallest absolute Gasteiger partial charge is 0.411 e. The van der Waals surface area contributed by atoms with E-state index in [1.807, 2.05) is 24.3 Å². The highest BCUT2D eigenvalue weighted by Crippen LogP contribution is 2.44. The molecule has 0 atom stereocenters. The van der Waals surface area contributed by atoms with Crippen LogP contribution in [-0.2, 0) is 17.7 Å².